The number of fused-ring (bicyclic) bond motifs is 1. The second-order valence-corrected chi connectivity index (χ2v) is 6.58. The topological polar surface area (TPSA) is 71.5 Å². The predicted octanol–water partition coefficient (Wildman–Crippen LogP) is 1.59. The van der Waals surface area contributed by atoms with E-state index < -0.39 is 21.5 Å². The molecule has 106 valence electrons. The molecule has 5 nitrogen and oxygen atoms in total. The van der Waals surface area contributed by atoms with E-state index in [1.807, 2.05) is 0 Å². The molecule has 0 unspecified atom stereocenters. The van der Waals surface area contributed by atoms with Crippen molar-refractivity contribution in [1.29, 1.82) is 0 Å². The summed E-state index contributed by atoms with van der Waals surface area (Å²) < 4.78 is 24.2. The number of ketones is 1. The fourth-order valence-corrected chi connectivity index (χ4v) is 3.56. The molecular formula is C14H15NO4S. The Balaban J connectivity index is 2.58. The molecule has 1 amide bonds. The summed E-state index contributed by atoms with van der Waals surface area (Å²) in [5.74, 6) is -1.22. The lowest BCUT2D eigenvalue weighted by Gasteiger charge is -2.29. The SMILES string of the molecule is C=CCCN1C(=O)CS(=O)(=O)c2cc(C(C)=O)ccc21. The molecule has 0 saturated heterocycles. The van der Waals surface area contributed by atoms with E-state index in [2.05, 4.69) is 6.58 Å². The number of carbonyl (C=O) groups excluding carboxylic acids is 2. The third-order valence-corrected chi connectivity index (χ3v) is 4.79. The van der Waals surface area contributed by atoms with Gasteiger partial charge in [0.1, 0.15) is 5.75 Å². The van der Waals surface area contributed by atoms with Crippen LogP contribution in [-0.4, -0.2) is 32.4 Å². The third kappa shape index (κ3) is 2.51. The Kier molecular flexibility index (Phi) is 3.76. The first kappa shape index (κ1) is 14.5. The fraction of sp³-hybridized carbons (Fsp3) is 0.286. The molecule has 2 rings (SSSR count). The summed E-state index contributed by atoms with van der Waals surface area (Å²) in [6.45, 7) is 5.34. The molecule has 0 fully saturated rings. The molecule has 0 saturated carbocycles. The number of anilines is 1. The average Bonchev–Trinajstić information content (AvgIpc) is 2.37. The molecular weight excluding hydrogens is 278 g/mol. The minimum absolute atomic E-state index is 0.0499. The second-order valence-electron chi connectivity index (χ2n) is 4.62. The summed E-state index contributed by atoms with van der Waals surface area (Å²) >= 11 is 0. The molecule has 1 aromatic rings. The number of benzene rings is 1. The monoisotopic (exact) mass is 293 g/mol. The van der Waals surface area contributed by atoms with Crippen molar-refractivity contribution in [2.45, 2.75) is 18.2 Å². The van der Waals surface area contributed by atoms with Crippen LogP contribution in [0.15, 0.2) is 35.7 Å². The summed E-state index contributed by atoms with van der Waals surface area (Å²) in [7, 11) is -3.67. The molecule has 0 aliphatic carbocycles. The van der Waals surface area contributed by atoms with Crippen LogP contribution >= 0.6 is 0 Å². The number of hydrogen-bond acceptors (Lipinski definition) is 4. The van der Waals surface area contributed by atoms with Crippen LogP contribution in [0.2, 0.25) is 0 Å². The van der Waals surface area contributed by atoms with Gasteiger partial charge in [-0.15, -0.1) is 6.58 Å². The number of hydrogen-bond donors (Lipinski definition) is 0. The summed E-state index contributed by atoms with van der Waals surface area (Å²) in [6, 6.07) is 4.40. The highest BCUT2D eigenvalue weighted by Crippen LogP contribution is 2.32. The first-order valence-corrected chi connectivity index (χ1v) is 7.81. The van der Waals surface area contributed by atoms with Gasteiger partial charge in [0.2, 0.25) is 5.91 Å². The van der Waals surface area contributed by atoms with Gasteiger partial charge in [-0.05, 0) is 31.5 Å². The van der Waals surface area contributed by atoms with Crippen LogP contribution in [0.25, 0.3) is 0 Å². The van der Waals surface area contributed by atoms with Crippen molar-refractivity contribution >= 4 is 27.2 Å². The number of nitrogens with zero attached hydrogens (tertiary/aromatic N) is 1. The molecule has 1 aliphatic heterocycles. The number of amides is 1. The van der Waals surface area contributed by atoms with Crippen LogP contribution in [0.5, 0.6) is 0 Å². The van der Waals surface area contributed by atoms with Crippen LogP contribution in [0.4, 0.5) is 5.69 Å². The zero-order valence-electron chi connectivity index (χ0n) is 11.1. The highest BCUT2D eigenvalue weighted by molar-refractivity contribution is 7.92. The lowest BCUT2D eigenvalue weighted by atomic mass is 10.1. The van der Waals surface area contributed by atoms with E-state index in [0.29, 0.717) is 24.2 Å². The predicted molar refractivity (Wildman–Crippen MR) is 75.7 cm³/mol. The quantitative estimate of drug-likeness (QED) is 0.624. The van der Waals surface area contributed by atoms with Gasteiger partial charge in [0.05, 0.1) is 10.6 Å². The largest absolute Gasteiger partial charge is 0.310 e. The normalized spacial score (nSPS) is 16.6. The maximum Gasteiger partial charge on any atom is 0.242 e. The van der Waals surface area contributed by atoms with Gasteiger partial charge in [-0.1, -0.05) is 6.08 Å². The van der Waals surface area contributed by atoms with Crippen molar-refractivity contribution in [3.8, 4) is 0 Å². The zero-order valence-corrected chi connectivity index (χ0v) is 11.9. The van der Waals surface area contributed by atoms with Gasteiger partial charge >= 0.3 is 0 Å². The van der Waals surface area contributed by atoms with Crippen molar-refractivity contribution in [1.82, 2.24) is 0 Å². The van der Waals surface area contributed by atoms with Crippen LogP contribution in [0, 0.1) is 0 Å². The summed E-state index contributed by atoms with van der Waals surface area (Å²) in [5, 5.41) is 0. The van der Waals surface area contributed by atoms with E-state index in [9.17, 15) is 18.0 Å². The van der Waals surface area contributed by atoms with Gasteiger partial charge in [-0.2, -0.15) is 0 Å². The molecule has 20 heavy (non-hydrogen) atoms. The Morgan fingerprint density at radius 2 is 2.15 bits per heavy atom. The van der Waals surface area contributed by atoms with E-state index in [1.54, 1.807) is 6.08 Å². The van der Waals surface area contributed by atoms with Crippen LogP contribution in [-0.2, 0) is 14.6 Å². The molecule has 0 bridgehead atoms. The maximum absolute atomic E-state index is 12.1. The van der Waals surface area contributed by atoms with E-state index in [4.69, 9.17) is 0 Å². The van der Waals surface area contributed by atoms with Crippen LogP contribution in [0.1, 0.15) is 23.7 Å². The standard InChI is InChI=1S/C14H15NO4S/c1-3-4-7-15-12-6-5-11(10(2)16)8-13(12)20(18,19)9-14(15)17/h3,5-6,8H,1,4,7,9H2,2H3. The Hall–Kier alpha value is -1.95. The van der Waals surface area contributed by atoms with Gasteiger partial charge in [0.15, 0.2) is 15.6 Å². The first-order chi connectivity index (χ1) is 9.36. The van der Waals surface area contributed by atoms with E-state index in [1.165, 1.54) is 30.0 Å². The number of rotatable bonds is 4. The minimum atomic E-state index is -3.67. The molecule has 6 heteroatoms. The van der Waals surface area contributed by atoms with Gasteiger partial charge < -0.3 is 4.90 Å². The summed E-state index contributed by atoms with van der Waals surface area (Å²) in [6.07, 6.45) is 2.24. The first-order valence-electron chi connectivity index (χ1n) is 6.16. The molecule has 1 aromatic carbocycles. The smallest absolute Gasteiger partial charge is 0.242 e. The molecule has 1 heterocycles. The Bertz CT molecular complexity index is 691. The van der Waals surface area contributed by atoms with Gasteiger partial charge in [-0.25, -0.2) is 8.42 Å². The van der Waals surface area contributed by atoms with Crippen LogP contribution in [0.3, 0.4) is 0 Å². The number of Topliss-reactive ketones (excluding diaryl/α,β-unsaturated/α-hetero) is 1. The van der Waals surface area contributed by atoms with E-state index in [-0.39, 0.29) is 10.7 Å². The maximum atomic E-state index is 12.1. The second kappa shape index (κ2) is 5.20. The number of carbonyl (C=O) groups is 2. The summed E-state index contributed by atoms with van der Waals surface area (Å²) in [4.78, 5) is 24.8. The highest BCUT2D eigenvalue weighted by Gasteiger charge is 2.34. The molecule has 0 spiro atoms. The Morgan fingerprint density at radius 1 is 1.45 bits per heavy atom. The molecule has 1 aliphatic rings. The number of sulfone groups is 1. The minimum Gasteiger partial charge on any atom is -0.310 e. The van der Waals surface area contributed by atoms with E-state index >= 15 is 0 Å². The molecule has 0 radical (unpaired) electrons. The van der Waals surface area contributed by atoms with E-state index in [0.717, 1.165) is 0 Å². The van der Waals surface area contributed by atoms with Crippen molar-refractivity contribution in [2.24, 2.45) is 0 Å². The average molecular weight is 293 g/mol. The van der Waals surface area contributed by atoms with Gasteiger partial charge in [0, 0.05) is 12.1 Å². The third-order valence-electron chi connectivity index (χ3n) is 3.16. The Morgan fingerprint density at radius 3 is 2.75 bits per heavy atom. The van der Waals surface area contributed by atoms with Crippen LogP contribution < -0.4 is 4.90 Å². The highest BCUT2D eigenvalue weighted by atomic mass is 32.2. The van der Waals surface area contributed by atoms with Crippen molar-refractivity contribution in [3.05, 3.63) is 36.4 Å². The lowest BCUT2D eigenvalue weighted by molar-refractivity contribution is -0.116. The van der Waals surface area contributed by atoms with Crippen molar-refractivity contribution in [2.75, 3.05) is 17.2 Å². The lowest BCUT2D eigenvalue weighted by Crippen LogP contribution is -2.41. The molecule has 0 aromatic heterocycles. The summed E-state index contributed by atoms with van der Waals surface area (Å²) in [5.41, 5.74) is 0.665. The van der Waals surface area contributed by atoms with Crippen molar-refractivity contribution < 1.29 is 18.0 Å². The molecule has 0 atom stereocenters. The Labute approximate surface area is 117 Å². The zero-order chi connectivity index (χ0) is 14.9. The van der Waals surface area contributed by atoms with Crippen molar-refractivity contribution in [3.63, 3.8) is 0 Å². The van der Waals surface area contributed by atoms with Gasteiger partial charge in [-0.3, -0.25) is 9.59 Å². The van der Waals surface area contributed by atoms with Gasteiger partial charge in [0.25, 0.3) is 0 Å². The molecule has 0 N–H and O–H groups in total. The fourth-order valence-electron chi connectivity index (χ4n) is 2.12.